The maximum atomic E-state index is 12.5. The molecule has 0 bridgehead atoms. The number of methoxy groups -OCH3 is 1. The summed E-state index contributed by atoms with van der Waals surface area (Å²) in [6.07, 6.45) is 2.03. The SMILES string of the molecule is CCCCN(CC(=O)NCC(=O)Nc1ccc(OC)cc1)C(=O)Cc1cccs1. The van der Waals surface area contributed by atoms with E-state index in [0.717, 1.165) is 17.7 Å². The van der Waals surface area contributed by atoms with E-state index in [1.54, 1.807) is 36.3 Å². The van der Waals surface area contributed by atoms with Gasteiger partial charge in [0.25, 0.3) is 0 Å². The first-order chi connectivity index (χ1) is 14.0. The lowest BCUT2D eigenvalue weighted by atomic mass is 10.2. The second kappa shape index (κ2) is 11.9. The minimum atomic E-state index is -0.356. The molecule has 0 aliphatic heterocycles. The van der Waals surface area contributed by atoms with E-state index in [-0.39, 0.29) is 37.2 Å². The molecule has 2 aromatic rings. The van der Waals surface area contributed by atoms with Gasteiger partial charge in [-0.1, -0.05) is 19.4 Å². The van der Waals surface area contributed by atoms with Crippen LogP contribution in [0.25, 0.3) is 0 Å². The number of hydrogen-bond donors (Lipinski definition) is 2. The van der Waals surface area contributed by atoms with E-state index in [1.807, 2.05) is 24.4 Å². The van der Waals surface area contributed by atoms with Crippen molar-refractivity contribution in [3.05, 3.63) is 46.7 Å². The molecule has 0 radical (unpaired) electrons. The number of benzene rings is 1. The van der Waals surface area contributed by atoms with Gasteiger partial charge < -0.3 is 20.3 Å². The van der Waals surface area contributed by atoms with Crippen LogP contribution in [0.4, 0.5) is 5.69 Å². The Bertz CT molecular complexity index is 791. The molecular formula is C21H27N3O4S. The number of unbranched alkanes of at least 4 members (excludes halogenated alkanes) is 1. The van der Waals surface area contributed by atoms with Gasteiger partial charge in [0.2, 0.25) is 17.7 Å². The smallest absolute Gasteiger partial charge is 0.243 e. The number of nitrogens with one attached hydrogen (secondary N) is 2. The Kier molecular flexibility index (Phi) is 9.17. The molecule has 156 valence electrons. The van der Waals surface area contributed by atoms with Gasteiger partial charge >= 0.3 is 0 Å². The summed E-state index contributed by atoms with van der Waals surface area (Å²) in [6, 6.07) is 10.7. The van der Waals surface area contributed by atoms with Crippen LogP contribution in [0.5, 0.6) is 5.75 Å². The maximum Gasteiger partial charge on any atom is 0.243 e. The Morgan fingerprint density at radius 2 is 1.86 bits per heavy atom. The zero-order valence-electron chi connectivity index (χ0n) is 16.8. The lowest BCUT2D eigenvalue weighted by Crippen LogP contribution is -2.43. The molecule has 7 nitrogen and oxygen atoms in total. The first-order valence-corrected chi connectivity index (χ1v) is 10.4. The van der Waals surface area contributed by atoms with Crippen molar-refractivity contribution in [1.82, 2.24) is 10.2 Å². The number of thiophene rings is 1. The highest BCUT2D eigenvalue weighted by Crippen LogP contribution is 2.14. The van der Waals surface area contributed by atoms with Crippen LogP contribution in [0.15, 0.2) is 41.8 Å². The number of rotatable bonds is 11. The minimum absolute atomic E-state index is 0.0555. The van der Waals surface area contributed by atoms with Crippen molar-refractivity contribution >= 4 is 34.7 Å². The van der Waals surface area contributed by atoms with Gasteiger partial charge in [-0.05, 0) is 42.1 Å². The number of anilines is 1. The topological polar surface area (TPSA) is 87.7 Å². The fourth-order valence-electron chi connectivity index (χ4n) is 2.60. The molecule has 1 aromatic heterocycles. The minimum Gasteiger partial charge on any atom is -0.497 e. The molecule has 0 unspecified atom stereocenters. The van der Waals surface area contributed by atoms with Crippen molar-refractivity contribution in [2.24, 2.45) is 0 Å². The summed E-state index contributed by atoms with van der Waals surface area (Å²) in [4.78, 5) is 39.4. The lowest BCUT2D eigenvalue weighted by molar-refractivity contribution is -0.135. The average Bonchev–Trinajstić information content (AvgIpc) is 3.23. The number of nitrogens with zero attached hydrogens (tertiary/aromatic N) is 1. The van der Waals surface area contributed by atoms with Crippen LogP contribution in [0.2, 0.25) is 0 Å². The van der Waals surface area contributed by atoms with Crippen LogP contribution in [-0.4, -0.2) is 49.4 Å². The van der Waals surface area contributed by atoms with Crippen LogP contribution in [0.3, 0.4) is 0 Å². The first kappa shape index (κ1) is 22.4. The van der Waals surface area contributed by atoms with Crippen LogP contribution in [0, 0.1) is 0 Å². The zero-order valence-corrected chi connectivity index (χ0v) is 17.6. The van der Waals surface area contributed by atoms with Gasteiger partial charge in [0.15, 0.2) is 0 Å². The highest BCUT2D eigenvalue weighted by molar-refractivity contribution is 7.10. The number of carbonyl (C=O) groups is 3. The molecule has 0 spiro atoms. The number of amides is 3. The predicted molar refractivity (Wildman–Crippen MR) is 114 cm³/mol. The van der Waals surface area contributed by atoms with E-state index >= 15 is 0 Å². The molecular weight excluding hydrogens is 390 g/mol. The quantitative estimate of drug-likeness (QED) is 0.588. The van der Waals surface area contributed by atoms with Gasteiger partial charge in [-0.2, -0.15) is 0 Å². The van der Waals surface area contributed by atoms with Crippen LogP contribution >= 0.6 is 11.3 Å². The average molecular weight is 418 g/mol. The summed E-state index contributed by atoms with van der Waals surface area (Å²) in [6.45, 7) is 2.34. The Morgan fingerprint density at radius 3 is 2.48 bits per heavy atom. The molecule has 2 rings (SSSR count). The Hall–Kier alpha value is -2.87. The lowest BCUT2D eigenvalue weighted by Gasteiger charge is -2.22. The molecule has 0 saturated heterocycles. The number of ether oxygens (including phenoxy) is 1. The Labute approximate surface area is 175 Å². The first-order valence-electron chi connectivity index (χ1n) is 9.52. The third-order valence-corrected chi connectivity index (χ3v) is 5.07. The Morgan fingerprint density at radius 1 is 1.10 bits per heavy atom. The molecule has 3 amide bonds. The standard InChI is InChI=1S/C21H27N3O4S/c1-3-4-11-24(21(27)13-18-6-5-12-29-18)15-20(26)22-14-19(25)23-16-7-9-17(28-2)10-8-16/h5-10,12H,3-4,11,13-15H2,1-2H3,(H,22,26)(H,23,25). The van der Waals surface area contributed by atoms with Crippen molar-refractivity contribution in [2.45, 2.75) is 26.2 Å². The fraction of sp³-hybridized carbons (Fsp3) is 0.381. The van der Waals surface area contributed by atoms with Crippen LogP contribution in [-0.2, 0) is 20.8 Å². The molecule has 29 heavy (non-hydrogen) atoms. The van der Waals surface area contributed by atoms with E-state index < -0.39 is 0 Å². The summed E-state index contributed by atoms with van der Waals surface area (Å²) >= 11 is 1.52. The Balaban J connectivity index is 1.81. The highest BCUT2D eigenvalue weighted by atomic mass is 32.1. The van der Waals surface area contributed by atoms with E-state index in [2.05, 4.69) is 10.6 Å². The third kappa shape index (κ3) is 7.95. The fourth-order valence-corrected chi connectivity index (χ4v) is 3.30. The summed E-state index contributed by atoms with van der Waals surface area (Å²) in [7, 11) is 1.57. The summed E-state index contributed by atoms with van der Waals surface area (Å²) < 4.78 is 5.07. The molecule has 0 saturated carbocycles. The van der Waals surface area contributed by atoms with E-state index in [9.17, 15) is 14.4 Å². The van der Waals surface area contributed by atoms with Gasteiger partial charge in [0.1, 0.15) is 5.75 Å². The summed E-state index contributed by atoms with van der Waals surface area (Å²) in [5.74, 6) is -0.0894. The van der Waals surface area contributed by atoms with E-state index in [1.165, 1.54) is 11.3 Å². The van der Waals surface area contributed by atoms with Crippen molar-refractivity contribution in [1.29, 1.82) is 0 Å². The molecule has 1 aromatic carbocycles. The molecule has 0 aliphatic carbocycles. The maximum absolute atomic E-state index is 12.5. The molecule has 1 heterocycles. The zero-order chi connectivity index (χ0) is 21.1. The van der Waals surface area contributed by atoms with Crippen LogP contribution < -0.4 is 15.4 Å². The molecule has 0 atom stereocenters. The normalized spacial score (nSPS) is 10.3. The van der Waals surface area contributed by atoms with Gasteiger partial charge in [-0.3, -0.25) is 14.4 Å². The third-order valence-electron chi connectivity index (χ3n) is 4.19. The van der Waals surface area contributed by atoms with Crippen molar-refractivity contribution in [3.8, 4) is 5.75 Å². The van der Waals surface area contributed by atoms with E-state index in [0.29, 0.717) is 18.0 Å². The van der Waals surface area contributed by atoms with Crippen LogP contribution in [0.1, 0.15) is 24.6 Å². The largest absolute Gasteiger partial charge is 0.497 e. The number of hydrogen-bond acceptors (Lipinski definition) is 5. The van der Waals surface area contributed by atoms with Crippen molar-refractivity contribution in [3.63, 3.8) is 0 Å². The predicted octanol–water partition coefficient (Wildman–Crippen LogP) is 2.68. The molecule has 0 fully saturated rings. The van der Waals surface area contributed by atoms with Gasteiger partial charge in [-0.25, -0.2) is 0 Å². The molecule has 8 heteroatoms. The van der Waals surface area contributed by atoms with Crippen molar-refractivity contribution in [2.75, 3.05) is 32.1 Å². The highest BCUT2D eigenvalue weighted by Gasteiger charge is 2.18. The van der Waals surface area contributed by atoms with E-state index in [4.69, 9.17) is 4.74 Å². The summed E-state index contributed by atoms with van der Waals surface area (Å²) in [5, 5.41) is 7.20. The second-order valence-electron chi connectivity index (χ2n) is 6.48. The summed E-state index contributed by atoms with van der Waals surface area (Å²) in [5.41, 5.74) is 0.612. The van der Waals surface area contributed by atoms with Gasteiger partial charge in [0, 0.05) is 17.1 Å². The second-order valence-corrected chi connectivity index (χ2v) is 7.51. The monoisotopic (exact) mass is 417 g/mol. The molecule has 0 aliphatic rings. The number of carbonyl (C=O) groups excluding carboxylic acids is 3. The molecule has 2 N–H and O–H groups in total. The van der Waals surface area contributed by atoms with Gasteiger partial charge in [0.05, 0.1) is 26.6 Å². The van der Waals surface area contributed by atoms with Gasteiger partial charge in [-0.15, -0.1) is 11.3 Å². The van der Waals surface area contributed by atoms with Crippen molar-refractivity contribution < 1.29 is 19.1 Å².